The molecule has 5 N–H and O–H groups in total. The summed E-state index contributed by atoms with van der Waals surface area (Å²) in [5, 5.41) is 13.4. The number of aromatic nitrogens is 2. The maximum Gasteiger partial charge on any atom is 0.320 e. The van der Waals surface area contributed by atoms with E-state index in [1.165, 1.54) is 0 Å². The summed E-state index contributed by atoms with van der Waals surface area (Å²) in [7, 11) is 0. The number of primary amides is 1. The summed E-state index contributed by atoms with van der Waals surface area (Å²) in [6.45, 7) is 0.364. The van der Waals surface area contributed by atoms with Crippen molar-refractivity contribution in [3.8, 4) is 22.4 Å². The Hall–Kier alpha value is -3.49. The van der Waals surface area contributed by atoms with Crippen molar-refractivity contribution in [2.75, 3.05) is 0 Å². The van der Waals surface area contributed by atoms with Crippen LogP contribution in [-0.4, -0.2) is 33.0 Å². The number of nitrogens with two attached hydrogens (primary N) is 1. The molecule has 0 aliphatic heterocycles. The number of fused-ring (bicyclic) bond motifs is 1. The van der Waals surface area contributed by atoms with E-state index in [-0.39, 0.29) is 12.8 Å². The van der Waals surface area contributed by atoms with Crippen molar-refractivity contribution in [3.05, 3.63) is 76.9 Å². The van der Waals surface area contributed by atoms with E-state index in [0.29, 0.717) is 6.54 Å². The molecule has 0 aliphatic carbocycles. The van der Waals surface area contributed by atoms with Gasteiger partial charge < -0.3 is 21.1 Å². The van der Waals surface area contributed by atoms with Crippen LogP contribution in [0.15, 0.2) is 71.3 Å². The van der Waals surface area contributed by atoms with Crippen LogP contribution in [-0.2, 0) is 16.1 Å². The number of carbonyl (C=O) groups is 2. The van der Waals surface area contributed by atoms with E-state index in [1.807, 2.05) is 48.5 Å². The van der Waals surface area contributed by atoms with Gasteiger partial charge in [-0.25, -0.2) is 4.98 Å². The molecule has 1 atom stereocenters. The van der Waals surface area contributed by atoms with Gasteiger partial charge in [0.15, 0.2) is 0 Å². The monoisotopic (exact) mass is 506 g/mol. The smallest absolute Gasteiger partial charge is 0.320 e. The molecule has 0 saturated heterocycles. The molecular formula is C25H23BrN4O3. The molecule has 0 unspecified atom stereocenters. The minimum atomic E-state index is -1.00. The van der Waals surface area contributed by atoms with Crippen LogP contribution < -0.4 is 11.1 Å². The molecule has 2 aromatic carbocycles. The molecule has 0 bridgehead atoms. The van der Waals surface area contributed by atoms with Gasteiger partial charge in [0.25, 0.3) is 0 Å². The molecule has 0 spiro atoms. The van der Waals surface area contributed by atoms with Gasteiger partial charge in [-0.3, -0.25) is 9.59 Å². The van der Waals surface area contributed by atoms with Gasteiger partial charge in [-0.15, -0.1) is 0 Å². The Labute approximate surface area is 199 Å². The number of amides is 1. The van der Waals surface area contributed by atoms with Gasteiger partial charge in [0.2, 0.25) is 5.91 Å². The molecule has 2 heterocycles. The number of H-pyrrole nitrogens is 1. The molecule has 2 aromatic heterocycles. The number of rotatable bonds is 9. The molecule has 4 aromatic rings. The second kappa shape index (κ2) is 9.97. The third kappa shape index (κ3) is 5.30. The van der Waals surface area contributed by atoms with Crippen molar-refractivity contribution in [2.45, 2.75) is 25.4 Å². The number of benzene rings is 2. The van der Waals surface area contributed by atoms with Crippen molar-refractivity contribution in [1.29, 1.82) is 0 Å². The number of aromatic amines is 1. The quantitative estimate of drug-likeness (QED) is 0.267. The lowest BCUT2D eigenvalue weighted by Crippen LogP contribution is -2.37. The predicted octanol–water partition coefficient (Wildman–Crippen LogP) is 4.47. The van der Waals surface area contributed by atoms with E-state index in [2.05, 4.69) is 43.3 Å². The Morgan fingerprint density at radius 3 is 2.48 bits per heavy atom. The molecular weight excluding hydrogens is 484 g/mol. The van der Waals surface area contributed by atoms with Crippen molar-refractivity contribution >= 4 is 38.8 Å². The van der Waals surface area contributed by atoms with E-state index in [0.717, 1.165) is 43.5 Å². The maximum atomic E-state index is 11.4. The highest BCUT2D eigenvalue weighted by molar-refractivity contribution is 9.10. The molecule has 0 saturated carbocycles. The number of nitrogens with one attached hydrogen (secondary N) is 2. The number of pyridine rings is 1. The van der Waals surface area contributed by atoms with E-state index in [1.54, 1.807) is 6.20 Å². The summed E-state index contributed by atoms with van der Waals surface area (Å²) in [5.74, 6) is -1.52. The molecule has 0 fully saturated rings. The van der Waals surface area contributed by atoms with Crippen LogP contribution in [0.2, 0.25) is 0 Å². The van der Waals surface area contributed by atoms with Crippen LogP contribution in [0.5, 0.6) is 0 Å². The molecule has 4 rings (SSSR count). The number of carboxylic acid groups (broad SMARTS) is 1. The number of halogens is 1. The first-order valence-corrected chi connectivity index (χ1v) is 11.3. The standard InChI is InChI=1S/C25H23BrN4O3/c26-18-12-19-22(23(30-24(19)29-14-18)17-4-2-1-3-5-17)16-8-6-15(7-9-16)13-28-20(25(32)33)10-11-21(27)31/h1-9,12,14,20,28H,10-11,13H2,(H2,27,31)(H,29,30)(H,32,33)/t20-/m0/s1. The highest BCUT2D eigenvalue weighted by Gasteiger charge is 2.18. The minimum Gasteiger partial charge on any atom is -0.480 e. The Bertz CT molecular complexity index is 1290. The number of aliphatic carboxylic acids is 1. The molecule has 33 heavy (non-hydrogen) atoms. The lowest BCUT2D eigenvalue weighted by atomic mass is 9.98. The maximum absolute atomic E-state index is 11.4. The van der Waals surface area contributed by atoms with Crippen LogP contribution in [0.3, 0.4) is 0 Å². The second-order valence-corrected chi connectivity index (χ2v) is 8.68. The Morgan fingerprint density at radius 1 is 1.09 bits per heavy atom. The molecule has 168 valence electrons. The van der Waals surface area contributed by atoms with Crippen LogP contribution >= 0.6 is 15.9 Å². The topological polar surface area (TPSA) is 121 Å². The predicted molar refractivity (Wildman–Crippen MR) is 131 cm³/mol. The third-order valence-corrected chi connectivity index (χ3v) is 5.89. The van der Waals surface area contributed by atoms with E-state index in [9.17, 15) is 14.7 Å². The average molecular weight is 507 g/mol. The zero-order chi connectivity index (χ0) is 23.4. The summed E-state index contributed by atoms with van der Waals surface area (Å²) in [6.07, 6.45) is 1.94. The average Bonchev–Trinajstić information content (AvgIpc) is 3.18. The van der Waals surface area contributed by atoms with Crippen LogP contribution in [0.4, 0.5) is 0 Å². The van der Waals surface area contributed by atoms with Crippen LogP contribution in [0.25, 0.3) is 33.4 Å². The zero-order valence-electron chi connectivity index (χ0n) is 17.7. The van der Waals surface area contributed by atoms with E-state index >= 15 is 0 Å². The normalized spacial score (nSPS) is 12.0. The van der Waals surface area contributed by atoms with Gasteiger partial charge in [-0.2, -0.15) is 0 Å². The Balaban J connectivity index is 1.62. The lowest BCUT2D eigenvalue weighted by Gasteiger charge is -2.14. The first-order valence-electron chi connectivity index (χ1n) is 10.5. The third-order valence-electron chi connectivity index (χ3n) is 5.45. The lowest BCUT2D eigenvalue weighted by molar-refractivity contribution is -0.139. The number of nitrogens with zero attached hydrogens (tertiary/aromatic N) is 1. The van der Waals surface area contributed by atoms with Gasteiger partial charge in [-0.1, -0.05) is 54.6 Å². The van der Waals surface area contributed by atoms with Crippen molar-refractivity contribution in [1.82, 2.24) is 15.3 Å². The SMILES string of the molecule is NC(=O)CC[C@H](NCc1ccc(-c2c(-c3ccccc3)[nH]c3ncc(Br)cc23)cc1)C(=O)O. The summed E-state index contributed by atoms with van der Waals surface area (Å²) >= 11 is 3.52. The Morgan fingerprint density at radius 2 is 1.82 bits per heavy atom. The summed E-state index contributed by atoms with van der Waals surface area (Å²) in [4.78, 5) is 30.4. The largest absolute Gasteiger partial charge is 0.480 e. The first kappa shape index (κ1) is 22.7. The number of carboxylic acids is 1. The number of carbonyl (C=O) groups excluding carboxylic acids is 1. The van der Waals surface area contributed by atoms with Crippen molar-refractivity contribution in [3.63, 3.8) is 0 Å². The van der Waals surface area contributed by atoms with Crippen molar-refractivity contribution in [2.24, 2.45) is 5.73 Å². The van der Waals surface area contributed by atoms with Crippen LogP contribution in [0, 0.1) is 0 Å². The molecule has 0 radical (unpaired) electrons. The van der Waals surface area contributed by atoms with Crippen LogP contribution in [0.1, 0.15) is 18.4 Å². The summed E-state index contributed by atoms with van der Waals surface area (Å²) in [5.41, 5.74) is 11.0. The number of hydrogen-bond donors (Lipinski definition) is 4. The second-order valence-electron chi connectivity index (χ2n) is 7.76. The zero-order valence-corrected chi connectivity index (χ0v) is 19.3. The molecule has 0 aliphatic rings. The fraction of sp³-hybridized carbons (Fsp3) is 0.160. The van der Waals surface area contributed by atoms with Gasteiger partial charge in [0, 0.05) is 34.6 Å². The molecule has 7 nitrogen and oxygen atoms in total. The number of hydrogen-bond acceptors (Lipinski definition) is 4. The molecule has 8 heteroatoms. The van der Waals surface area contributed by atoms with Gasteiger partial charge in [0.1, 0.15) is 11.7 Å². The highest BCUT2D eigenvalue weighted by Crippen LogP contribution is 2.38. The van der Waals surface area contributed by atoms with Crippen molar-refractivity contribution < 1.29 is 14.7 Å². The van der Waals surface area contributed by atoms with E-state index < -0.39 is 17.9 Å². The fourth-order valence-electron chi connectivity index (χ4n) is 3.80. The summed E-state index contributed by atoms with van der Waals surface area (Å²) < 4.78 is 0.895. The minimum absolute atomic E-state index is 0.0231. The Kier molecular flexibility index (Phi) is 6.86. The van der Waals surface area contributed by atoms with Gasteiger partial charge in [-0.05, 0) is 45.1 Å². The molecule has 1 amide bonds. The van der Waals surface area contributed by atoms with Gasteiger partial charge in [0.05, 0.1) is 5.69 Å². The van der Waals surface area contributed by atoms with E-state index in [4.69, 9.17) is 5.73 Å². The highest BCUT2D eigenvalue weighted by atomic mass is 79.9. The summed E-state index contributed by atoms with van der Waals surface area (Å²) in [6, 6.07) is 19.3. The fourth-order valence-corrected chi connectivity index (χ4v) is 4.13. The van der Waals surface area contributed by atoms with Gasteiger partial charge >= 0.3 is 5.97 Å². The first-order chi connectivity index (χ1) is 15.9.